The summed E-state index contributed by atoms with van der Waals surface area (Å²) in [5.74, 6) is 0.630. The second-order valence-electron chi connectivity index (χ2n) is 9.68. The van der Waals surface area contributed by atoms with Crippen LogP contribution in [-0.2, 0) is 21.2 Å². The van der Waals surface area contributed by atoms with Gasteiger partial charge >= 0.3 is 0 Å². The largest absolute Gasteiger partial charge is 0.402 e. The second kappa shape index (κ2) is 12.9. The van der Waals surface area contributed by atoms with E-state index in [2.05, 4.69) is 30.3 Å². The topological polar surface area (TPSA) is 156 Å². The number of carbonyl (C=O) groups is 1. The first kappa shape index (κ1) is 29.9. The van der Waals surface area contributed by atoms with Crippen LogP contribution in [0.15, 0.2) is 51.3 Å². The van der Waals surface area contributed by atoms with Crippen molar-refractivity contribution >= 4 is 38.6 Å². The van der Waals surface area contributed by atoms with Crippen LogP contribution in [0.4, 0.5) is 5.69 Å². The third-order valence-corrected chi connectivity index (χ3v) is 8.03. The standard InChI is InChI=1S/C27H38N8O3S/c1-7-29-24(19-9-10-19)23(18(5)28)25-31-14-21(15-32-25)34-26(27(36)35(6)17(3)4)33-13-20-11-12-22(16-30-20)39(37,38)8-2/h11-12,14-17,19H,7-10,13,28H2,1-6H3,(H,33,34)/b23-18+,29-24?. The number of hydrogen-bond donors (Lipinski definition) is 2. The van der Waals surface area contributed by atoms with Crippen molar-refractivity contribution in [3.05, 3.63) is 47.9 Å². The lowest BCUT2D eigenvalue weighted by Crippen LogP contribution is -2.41. The first-order valence-corrected chi connectivity index (χ1v) is 14.7. The zero-order valence-electron chi connectivity index (χ0n) is 23.5. The predicted octanol–water partition coefficient (Wildman–Crippen LogP) is 3.10. The van der Waals surface area contributed by atoms with Gasteiger partial charge in [-0.3, -0.25) is 19.8 Å². The Kier molecular flexibility index (Phi) is 9.90. The van der Waals surface area contributed by atoms with Crippen molar-refractivity contribution in [1.29, 1.82) is 0 Å². The van der Waals surface area contributed by atoms with E-state index in [9.17, 15) is 13.2 Å². The SMILES string of the molecule is CCN=C(/C(=C(/C)N)c1ncc(NC(=NCc2ccc(S(=O)(=O)CC)cn2)C(=O)N(C)C(C)C)cn1)C1CC1. The Balaban J connectivity index is 1.87. The highest BCUT2D eigenvalue weighted by atomic mass is 32.2. The lowest BCUT2D eigenvalue weighted by molar-refractivity contribution is -0.124. The number of nitrogens with zero attached hydrogens (tertiary/aromatic N) is 6. The fourth-order valence-corrected chi connectivity index (χ4v) is 4.49. The molecule has 3 rings (SSSR count). The molecule has 1 fully saturated rings. The molecule has 2 aromatic rings. The van der Waals surface area contributed by atoms with Crippen LogP contribution in [0.2, 0.25) is 0 Å². The summed E-state index contributed by atoms with van der Waals surface area (Å²) in [5.41, 5.74) is 9.53. The Morgan fingerprint density at radius 3 is 2.28 bits per heavy atom. The van der Waals surface area contributed by atoms with Crippen LogP contribution < -0.4 is 11.1 Å². The highest BCUT2D eigenvalue weighted by molar-refractivity contribution is 7.91. The fraction of sp³-hybridized carbons (Fsp3) is 0.481. The lowest BCUT2D eigenvalue weighted by atomic mass is 10.0. The summed E-state index contributed by atoms with van der Waals surface area (Å²) in [4.78, 5) is 37.3. The molecule has 12 heteroatoms. The number of nitrogens with two attached hydrogens (primary N) is 1. The zero-order chi connectivity index (χ0) is 28.7. The van der Waals surface area contributed by atoms with Crippen LogP contribution in [0.3, 0.4) is 0 Å². The van der Waals surface area contributed by atoms with Crippen molar-refractivity contribution in [3.8, 4) is 0 Å². The van der Waals surface area contributed by atoms with Gasteiger partial charge < -0.3 is 16.0 Å². The first-order valence-electron chi connectivity index (χ1n) is 13.1. The smallest absolute Gasteiger partial charge is 0.289 e. The Labute approximate surface area is 230 Å². The van der Waals surface area contributed by atoms with Gasteiger partial charge in [0.05, 0.1) is 52.3 Å². The minimum Gasteiger partial charge on any atom is -0.402 e. The maximum Gasteiger partial charge on any atom is 0.289 e. The van der Waals surface area contributed by atoms with E-state index >= 15 is 0 Å². The van der Waals surface area contributed by atoms with Crippen LogP contribution in [0.1, 0.15) is 59.0 Å². The molecule has 0 unspecified atom stereocenters. The average molecular weight is 555 g/mol. The predicted molar refractivity (Wildman–Crippen MR) is 154 cm³/mol. The number of hydrogen-bond acceptors (Lipinski definition) is 9. The molecule has 11 nitrogen and oxygen atoms in total. The Bertz CT molecular complexity index is 1360. The minimum absolute atomic E-state index is 0.00736. The third kappa shape index (κ3) is 7.69. The summed E-state index contributed by atoms with van der Waals surface area (Å²) in [6.45, 7) is 9.92. The van der Waals surface area contributed by atoms with Gasteiger partial charge in [0.15, 0.2) is 21.5 Å². The zero-order valence-corrected chi connectivity index (χ0v) is 24.3. The second-order valence-corrected chi connectivity index (χ2v) is 12.0. The van der Waals surface area contributed by atoms with Crippen LogP contribution in [0, 0.1) is 5.92 Å². The van der Waals surface area contributed by atoms with Gasteiger partial charge in [-0.05, 0) is 52.7 Å². The number of aliphatic imine (C=N–C) groups is 2. The van der Waals surface area contributed by atoms with Crippen LogP contribution in [0.5, 0.6) is 0 Å². The number of likely N-dealkylation sites (N-methyl/N-ethyl adjacent to an activating group) is 1. The molecule has 0 aromatic carbocycles. The summed E-state index contributed by atoms with van der Waals surface area (Å²) >= 11 is 0. The van der Waals surface area contributed by atoms with E-state index in [-0.39, 0.29) is 35.0 Å². The molecule has 1 aliphatic carbocycles. The lowest BCUT2D eigenvalue weighted by Gasteiger charge is -2.22. The van der Waals surface area contributed by atoms with Gasteiger partial charge in [-0.15, -0.1) is 0 Å². The molecule has 2 aromatic heterocycles. The number of sulfone groups is 1. The van der Waals surface area contributed by atoms with Gasteiger partial charge in [0.25, 0.3) is 5.91 Å². The summed E-state index contributed by atoms with van der Waals surface area (Å²) < 4.78 is 24.1. The van der Waals surface area contributed by atoms with E-state index < -0.39 is 9.84 Å². The molecule has 2 heterocycles. The van der Waals surface area contributed by atoms with Crippen molar-refractivity contribution < 1.29 is 13.2 Å². The molecule has 1 saturated carbocycles. The molecule has 0 bridgehead atoms. The quantitative estimate of drug-likeness (QED) is 0.335. The Hall–Kier alpha value is -3.67. The van der Waals surface area contributed by atoms with Gasteiger partial charge in [0, 0.05) is 37.4 Å². The van der Waals surface area contributed by atoms with Gasteiger partial charge in [-0.1, -0.05) is 6.92 Å². The summed E-state index contributed by atoms with van der Waals surface area (Å²) in [6, 6.07) is 3.04. The van der Waals surface area contributed by atoms with Crippen LogP contribution in [-0.4, -0.2) is 71.1 Å². The normalized spacial score (nSPS) is 15.3. The fourth-order valence-electron chi connectivity index (χ4n) is 3.67. The number of aromatic nitrogens is 3. The van der Waals surface area contributed by atoms with Crippen molar-refractivity contribution in [2.75, 3.05) is 24.7 Å². The highest BCUT2D eigenvalue weighted by Crippen LogP contribution is 2.36. The van der Waals surface area contributed by atoms with Crippen molar-refractivity contribution in [2.24, 2.45) is 21.6 Å². The van der Waals surface area contributed by atoms with Gasteiger partial charge in [0.2, 0.25) is 0 Å². The van der Waals surface area contributed by atoms with E-state index in [4.69, 9.17) is 5.73 Å². The number of anilines is 1. The molecule has 0 aliphatic heterocycles. The third-order valence-electron chi connectivity index (χ3n) is 6.31. The molecule has 39 heavy (non-hydrogen) atoms. The van der Waals surface area contributed by atoms with E-state index in [0.717, 1.165) is 24.1 Å². The summed E-state index contributed by atoms with van der Waals surface area (Å²) in [5, 5.41) is 3.05. The summed E-state index contributed by atoms with van der Waals surface area (Å²) in [7, 11) is -1.66. The van der Waals surface area contributed by atoms with E-state index in [0.29, 0.717) is 35.4 Å². The maximum absolute atomic E-state index is 13.2. The molecule has 1 aliphatic rings. The molecule has 0 radical (unpaired) electrons. The number of pyridine rings is 1. The van der Waals surface area contributed by atoms with E-state index in [1.54, 1.807) is 37.3 Å². The van der Waals surface area contributed by atoms with Crippen molar-refractivity contribution in [1.82, 2.24) is 19.9 Å². The average Bonchev–Trinajstić information content (AvgIpc) is 3.76. The Morgan fingerprint density at radius 2 is 1.79 bits per heavy atom. The molecule has 1 amide bonds. The molecule has 210 valence electrons. The van der Waals surface area contributed by atoms with Gasteiger partial charge in [-0.25, -0.2) is 18.4 Å². The molecular weight excluding hydrogens is 516 g/mol. The van der Waals surface area contributed by atoms with Crippen LogP contribution >= 0.6 is 0 Å². The van der Waals surface area contributed by atoms with Crippen molar-refractivity contribution in [3.63, 3.8) is 0 Å². The number of allylic oxidation sites excluding steroid dienone is 2. The first-order chi connectivity index (χ1) is 18.5. The minimum atomic E-state index is -3.35. The highest BCUT2D eigenvalue weighted by Gasteiger charge is 2.32. The van der Waals surface area contributed by atoms with Crippen molar-refractivity contribution in [2.45, 2.75) is 64.9 Å². The van der Waals surface area contributed by atoms with Crippen LogP contribution in [0.25, 0.3) is 5.57 Å². The summed E-state index contributed by atoms with van der Waals surface area (Å²) in [6.07, 6.45) is 6.64. The van der Waals surface area contributed by atoms with Gasteiger partial charge in [0.1, 0.15) is 0 Å². The molecular formula is C27H38N8O3S. The number of rotatable bonds is 10. The number of amidine groups is 1. The molecule has 3 N–H and O–H groups in total. The Morgan fingerprint density at radius 1 is 1.13 bits per heavy atom. The molecule has 0 saturated heterocycles. The van der Waals surface area contributed by atoms with Gasteiger partial charge in [-0.2, -0.15) is 0 Å². The molecule has 0 atom stereocenters. The van der Waals surface area contributed by atoms with E-state index in [1.807, 2.05) is 27.7 Å². The molecule has 0 spiro atoms. The number of carbonyl (C=O) groups excluding carboxylic acids is 1. The van der Waals surface area contributed by atoms with E-state index in [1.165, 1.54) is 12.3 Å². The number of nitrogens with one attached hydrogen (secondary N) is 1. The maximum atomic E-state index is 13.2. The monoisotopic (exact) mass is 554 g/mol. The number of amides is 1.